The quantitative estimate of drug-likeness (QED) is 0.0206. The van der Waals surface area contributed by atoms with Gasteiger partial charge in [0.25, 0.3) is 11.8 Å². The number of rotatable bonds is 24. The van der Waals surface area contributed by atoms with Crippen molar-refractivity contribution in [1.29, 1.82) is 0 Å². The molecule has 6 aliphatic rings. The van der Waals surface area contributed by atoms with Gasteiger partial charge in [-0.2, -0.15) is 0 Å². The highest BCUT2D eigenvalue weighted by atomic mass is 131. The molecule has 12 N–H and O–H groups in total. The van der Waals surface area contributed by atoms with Crippen molar-refractivity contribution in [3.8, 4) is 23.0 Å². The normalized spacial score (nSPS) is 15.5. The minimum absolute atomic E-state index is 0.183. The van der Waals surface area contributed by atoms with Crippen LogP contribution < -0.4 is 52.5 Å². The molecule has 2 amide bonds. The summed E-state index contributed by atoms with van der Waals surface area (Å²) in [6.45, 7) is 28.6. The van der Waals surface area contributed by atoms with Crippen LogP contribution >= 0.6 is 137 Å². The molecule has 8 aromatic heterocycles. The maximum atomic E-state index is 12.1. The van der Waals surface area contributed by atoms with Gasteiger partial charge in [0.05, 0.1) is 26.4 Å². The number of ether oxygens (including phenoxy) is 4. The molecule has 40 heteroatoms. The van der Waals surface area contributed by atoms with Crippen molar-refractivity contribution >= 4 is 217 Å². The molecule has 18 rings (SSSR count). The van der Waals surface area contributed by atoms with Gasteiger partial charge in [-0.15, -0.1) is 0 Å². The van der Waals surface area contributed by atoms with Gasteiger partial charge in [-0.1, -0.05) is 88.6 Å². The Morgan fingerprint density at radius 2 is 0.722 bits per heavy atom. The van der Waals surface area contributed by atoms with Crippen molar-refractivity contribution in [1.82, 2.24) is 98.5 Å². The fourth-order valence-corrected chi connectivity index (χ4v) is 22.8. The molecule has 2 fully saturated rings. The number of piperidine rings is 2. The first-order valence-corrected chi connectivity index (χ1v) is 49.8. The maximum Gasteiger partial charge on any atom is 0.251 e. The summed E-state index contributed by atoms with van der Waals surface area (Å²) in [5.41, 5.74) is 35.5. The molecular weight excluding hydrogens is 2130 g/mol. The molecule has 14 heterocycles. The summed E-state index contributed by atoms with van der Waals surface area (Å²) in [6, 6.07) is 17.2. The van der Waals surface area contributed by atoms with Crippen LogP contribution in [0.3, 0.4) is 0 Å². The standard InChI is InChI=1S/2C23H27IN6O3S.2C20H25IN6OS/c2*1-13(31)22(32)29-6-2-14(3-7-29)4-8-30-21-19(20(25)26-12-27-21)28-23(30)34-18-11-17-15(5-9-33-17)10-16(18)24;2*1-20(2,3)10-23-5-6-27-18-16(17(22)24-11-25-18)26-19(27)29-15-9-14-12(4-7-28-14)8-13(15)21/h2*10-14,31H,2-9H2,1H3,(H2,25,26,27);2*8-9,11,23H,4-7,10H2,1-3H3,(H2,22,24,25)/t2*13-;;/m00../s1/i24+4;24-3;2*21-3. The lowest BCUT2D eigenvalue weighted by molar-refractivity contribution is -0.141. The zero-order chi connectivity index (χ0) is 88.8. The first-order valence-electron chi connectivity index (χ1n) is 42.2. The number of carbonyl (C=O) groups excluding carboxylic acids is 2. The second-order valence-corrected chi connectivity index (χ2v) is 42.9. The van der Waals surface area contributed by atoms with Crippen LogP contribution in [0.25, 0.3) is 44.7 Å². The lowest BCUT2D eigenvalue weighted by atomic mass is 9.93. The van der Waals surface area contributed by atoms with Crippen LogP contribution in [0.15, 0.2) is 114 Å². The van der Waals surface area contributed by atoms with Gasteiger partial charge < -0.3 is 90.8 Å². The summed E-state index contributed by atoms with van der Waals surface area (Å²) in [4.78, 5) is 85.6. The molecule has 668 valence electrons. The largest absolute Gasteiger partial charge is 0.493 e. The summed E-state index contributed by atoms with van der Waals surface area (Å²) in [5, 5.41) is 29.6. The van der Waals surface area contributed by atoms with E-state index in [1.807, 2.05) is 0 Å². The molecule has 12 aromatic rings. The third kappa shape index (κ3) is 22.6. The van der Waals surface area contributed by atoms with Gasteiger partial charge in [0.2, 0.25) is 0 Å². The van der Waals surface area contributed by atoms with E-state index in [4.69, 9.17) is 61.8 Å². The van der Waals surface area contributed by atoms with Gasteiger partial charge in [0.1, 0.15) is 60.5 Å². The lowest BCUT2D eigenvalue weighted by Gasteiger charge is -2.32. The zero-order valence-corrected chi connectivity index (χ0v) is 83.4. The van der Waals surface area contributed by atoms with Crippen molar-refractivity contribution in [2.24, 2.45) is 22.7 Å². The Hall–Kier alpha value is -7.42. The monoisotopic (exact) mass is 2230 g/mol. The number of benzene rings is 4. The lowest BCUT2D eigenvalue weighted by Crippen LogP contribution is -2.43. The number of nitrogens with zero attached hydrogens (tertiary/aromatic N) is 18. The fraction of sp³-hybridized carbons (Fsp3) is 0.465. The number of nitrogens with one attached hydrogen (secondary N) is 2. The van der Waals surface area contributed by atoms with Gasteiger partial charge in [0.15, 0.2) is 88.6 Å². The number of likely N-dealkylation sites (tertiary alicyclic amines) is 2. The first-order chi connectivity index (χ1) is 60.4. The molecule has 32 nitrogen and oxygen atoms in total. The molecule has 0 radical (unpaired) electrons. The van der Waals surface area contributed by atoms with Crippen molar-refractivity contribution in [2.45, 2.75) is 198 Å². The number of aliphatic hydroxyl groups is 2. The summed E-state index contributed by atoms with van der Waals surface area (Å²) in [7, 11) is 0. The van der Waals surface area contributed by atoms with Crippen LogP contribution in [-0.2, 0) is 61.5 Å². The summed E-state index contributed by atoms with van der Waals surface area (Å²) >= 11 is 15.9. The van der Waals surface area contributed by atoms with E-state index in [1.54, 1.807) is 56.8 Å². The van der Waals surface area contributed by atoms with Crippen LogP contribution in [-0.4, -0.2) is 201 Å². The van der Waals surface area contributed by atoms with Crippen LogP contribution in [0.2, 0.25) is 0 Å². The van der Waals surface area contributed by atoms with Crippen molar-refractivity contribution in [3.05, 3.63) is 110 Å². The first kappa shape index (κ1) is 93.3. The molecule has 0 unspecified atom stereocenters. The Morgan fingerprint density at radius 3 is 1.02 bits per heavy atom. The third-order valence-electron chi connectivity index (χ3n) is 22.3. The van der Waals surface area contributed by atoms with E-state index in [2.05, 4.69) is 249 Å². The molecule has 126 heavy (non-hydrogen) atoms. The number of nitrogens with two attached hydrogens (primary N) is 4. The Labute approximate surface area is 802 Å². The predicted molar refractivity (Wildman–Crippen MR) is 525 cm³/mol. The number of aromatic nitrogens is 16. The van der Waals surface area contributed by atoms with Crippen LogP contribution in [0, 0.1) is 36.9 Å². The predicted octanol–water partition coefficient (Wildman–Crippen LogP) is 13.7. The zero-order valence-electron chi connectivity index (χ0n) is 71.5. The van der Waals surface area contributed by atoms with Crippen molar-refractivity contribution in [2.75, 3.05) is 102 Å². The van der Waals surface area contributed by atoms with Gasteiger partial charge in [-0.05, 0) is 236 Å². The second kappa shape index (κ2) is 41.4. The van der Waals surface area contributed by atoms with E-state index in [0.29, 0.717) is 83.4 Å². The Morgan fingerprint density at radius 1 is 0.444 bits per heavy atom. The highest BCUT2D eigenvalue weighted by molar-refractivity contribution is 14.1. The topological polar surface area (TPSA) is 421 Å². The minimum Gasteiger partial charge on any atom is -0.493 e. The summed E-state index contributed by atoms with van der Waals surface area (Å²) in [6.07, 6.45) is 13.5. The van der Waals surface area contributed by atoms with E-state index in [1.165, 1.54) is 75.7 Å². The number of aliphatic hydroxyl groups excluding tert-OH is 2. The SMILES string of the molecule is CC(C)(C)CNCCn1c(Sc2cc3c(cc2[124I])CCO3)nc2c(N)ncnc21.CC(C)(C)CNCCn1c(Sc2cc3c(cc2[124I])CCO3)nc2c(N)ncnc21.C[C@H](O)C(=O)N1CCC(CCn2c(Sc3cc4c(cc3[124I])CCO4)nc3c(N)ncnc32)CC1.C[C@H](O)C(=O)N1CCC(CCn2c(Sc3cc4c(cc3[131I])CCO4)nc3c(N)ncnc32)CC1. The van der Waals surface area contributed by atoms with E-state index >= 15 is 0 Å². The highest BCUT2D eigenvalue weighted by Gasteiger charge is 2.32. The average Bonchev–Trinajstić information content (AvgIpc) is 1.64. The molecular formula is C86H104I4N24O8S4. The van der Waals surface area contributed by atoms with Gasteiger partial charge in [-0.25, -0.2) is 59.8 Å². The number of amides is 2. The smallest absolute Gasteiger partial charge is 0.251 e. The van der Waals surface area contributed by atoms with Gasteiger partial charge in [-0.3, -0.25) is 9.59 Å². The van der Waals surface area contributed by atoms with Crippen LogP contribution in [0.4, 0.5) is 23.3 Å². The molecule has 0 aliphatic carbocycles. The molecule has 2 atom stereocenters. The maximum absolute atomic E-state index is 12.1. The molecule has 6 aliphatic heterocycles. The van der Waals surface area contributed by atoms with E-state index < -0.39 is 12.2 Å². The van der Waals surface area contributed by atoms with Crippen molar-refractivity contribution < 1.29 is 38.7 Å². The van der Waals surface area contributed by atoms with Crippen LogP contribution in [0.1, 0.15) is 116 Å². The molecule has 0 bridgehead atoms. The minimum atomic E-state index is -0.939. The number of imidazole rings is 4. The number of anilines is 4. The molecule has 4 aromatic carbocycles. The Kier molecular flexibility index (Phi) is 30.6. The van der Waals surface area contributed by atoms with Gasteiger partial charge in [0, 0.05) is 138 Å². The van der Waals surface area contributed by atoms with Crippen LogP contribution in [0.5, 0.6) is 23.0 Å². The summed E-state index contributed by atoms with van der Waals surface area (Å²) in [5.74, 6) is 6.02. The number of nitrogen functional groups attached to an aromatic ring is 4. The highest BCUT2D eigenvalue weighted by Crippen LogP contribution is 2.45. The van der Waals surface area contributed by atoms with E-state index in [9.17, 15) is 19.8 Å². The molecule has 2 saturated heterocycles. The third-order valence-corrected chi connectivity index (χ3v) is 31.5. The van der Waals surface area contributed by atoms with Crippen molar-refractivity contribution in [3.63, 3.8) is 0 Å². The number of fused-ring (bicyclic) bond motifs is 8. The number of aryl methyl sites for hydroxylation is 2. The van der Waals surface area contributed by atoms with E-state index in [-0.39, 0.29) is 22.6 Å². The number of halogens is 4. The Bertz CT molecular complexity index is 5610. The molecule has 0 spiro atoms. The van der Waals surface area contributed by atoms with E-state index in [0.717, 1.165) is 229 Å². The number of carbonyl (C=O) groups is 2. The number of hydrogen-bond donors (Lipinski definition) is 8. The summed E-state index contributed by atoms with van der Waals surface area (Å²) < 4.78 is 36.3. The average molecular weight is 2230 g/mol. The van der Waals surface area contributed by atoms with Gasteiger partial charge >= 0.3 is 0 Å². The fourth-order valence-electron chi connectivity index (χ4n) is 15.6. The molecule has 0 saturated carbocycles. The second-order valence-electron chi connectivity index (χ2n) is 34.2. The Balaban J connectivity index is 0.000000130. The number of hydrogen-bond acceptors (Lipinski definition) is 30.